The normalized spacial score (nSPS) is 22.3. The Morgan fingerprint density at radius 1 is 1.67 bits per heavy atom. The number of fused-ring (bicyclic) bond motifs is 1. The summed E-state index contributed by atoms with van der Waals surface area (Å²) < 4.78 is 0. The Labute approximate surface area is 77.0 Å². The van der Waals surface area contributed by atoms with Gasteiger partial charge in [-0.05, 0) is 37.3 Å². The second-order valence-electron chi connectivity index (χ2n) is 3.35. The molecule has 1 nitrogen and oxygen atoms in total. The molecular formula is C10H14OS. The zero-order valence-electron chi connectivity index (χ0n) is 7.34. The second-order valence-corrected chi connectivity index (χ2v) is 4.57. The predicted molar refractivity (Wildman–Crippen MR) is 51.6 cm³/mol. The van der Waals surface area contributed by atoms with Crippen LogP contribution in [0, 0.1) is 0 Å². The van der Waals surface area contributed by atoms with Crippen LogP contribution in [0.3, 0.4) is 0 Å². The van der Waals surface area contributed by atoms with Crippen molar-refractivity contribution in [3.05, 3.63) is 21.4 Å². The molecular weight excluding hydrogens is 168 g/mol. The van der Waals surface area contributed by atoms with Gasteiger partial charge < -0.3 is 5.11 Å². The molecule has 1 N–H and O–H groups in total. The number of hydrogen-bond donors (Lipinski definition) is 1. The third kappa shape index (κ3) is 1.29. The molecule has 1 aromatic rings. The molecule has 1 aliphatic rings. The zero-order chi connectivity index (χ0) is 8.55. The quantitative estimate of drug-likeness (QED) is 0.708. The van der Waals surface area contributed by atoms with E-state index < -0.39 is 0 Å². The fourth-order valence-electron chi connectivity index (χ4n) is 1.76. The van der Waals surface area contributed by atoms with Gasteiger partial charge in [0.2, 0.25) is 0 Å². The Morgan fingerprint density at radius 3 is 3.17 bits per heavy atom. The molecule has 0 aliphatic heterocycles. The fraction of sp³-hybridized carbons (Fsp3) is 0.600. The summed E-state index contributed by atoms with van der Waals surface area (Å²) in [6.45, 7) is 2.17. The first-order chi connectivity index (χ1) is 5.81. The summed E-state index contributed by atoms with van der Waals surface area (Å²) in [5.74, 6) is 0. The minimum absolute atomic E-state index is 0.176. The number of aliphatic hydroxyl groups excluding tert-OH is 1. The molecule has 66 valence electrons. The van der Waals surface area contributed by atoms with Crippen LogP contribution in [-0.4, -0.2) is 5.11 Å². The first-order valence-corrected chi connectivity index (χ1v) is 5.42. The van der Waals surface area contributed by atoms with Crippen molar-refractivity contribution in [2.45, 2.75) is 38.7 Å². The standard InChI is InChI=1S/C10H14OS/c1-2-7-6-8-9(11)4-3-5-10(8)12-7/h6,9,11H,2-5H2,1H3. The van der Waals surface area contributed by atoms with Crippen molar-refractivity contribution in [2.24, 2.45) is 0 Å². The van der Waals surface area contributed by atoms with Crippen molar-refractivity contribution < 1.29 is 5.11 Å². The third-order valence-electron chi connectivity index (χ3n) is 2.48. The molecule has 2 rings (SSSR count). The zero-order valence-corrected chi connectivity index (χ0v) is 8.16. The largest absolute Gasteiger partial charge is 0.388 e. The Kier molecular flexibility index (Phi) is 2.20. The van der Waals surface area contributed by atoms with E-state index in [1.54, 1.807) is 0 Å². The van der Waals surface area contributed by atoms with E-state index in [0.29, 0.717) is 0 Å². The lowest BCUT2D eigenvalue weighted by molar-refractivity contribution is 0.157. The van der Waals surface area contributed by atoms with Crippen LogP contribution in [0.2, 0.25) is 0 Å². The average molecular weight is 182 g/mol. The minimum Gasteiger partial charge on any atom is -0.388 e. The SMILES string of the molecule is CCc1cc2c(s1)CCCC2O. The van der Waals surface area contributed by atoms with Gasteiger partial charge in [-0.1, -0.05) is 6.92 Å². The van der Waals surface area contributed by atoms with Crippen molar-refractivity contribution in [3.63, 3.8) is 0 Å². The summed E-state index contributed by atoms with van der Waals surface area (Å²) in [5, 5.41) is 9.68. The van der Waals surface area contributed by atoms with Gasteiger partial charge in [0.25, 0.3) is 0 Å². The van der Waals surface area contributed by atoms with Gasteiger partial charge in [-0.3, -0.25) is 0 Å². The van der Waals surface area contributed by atoms with Crippen LogP contribution in [0.15, 0.2) is 6.07 Å². The van der Waals surface area contributed by atoms with Gasteiger partial charge in [-0.25, -0.2) is 0 Å². The third-order valence-corrected chi connectivity index (χ3v) is 3.84. The summed E-state index contributed by atoms with van der Waals surface area (Å²) in [5.41, 5.74) is 1.21. The van der Waals surface area contributed by atoms with E-state index in [-0.39, 0.29) is 6.10 Å². The lowest BCUT2D eigenvalue weighted by Crippen LogP contribution is -2.05. The van der Waals surface area contributed by atoms with Gasteiger partial charge in [0, 0.05) is 9.75 Å². The Bertz CT molecular complexity index is 277. The molecule has 1 atom stereocenters. The highest BCUT2D eigenvalue weighted by atomic mass is 32.1. The molecule has 0 aromatic carbocycles. The topological polar surface area (TPSA) is 20.2 Å². The van der Waals surface area contributed by atoms with E-state index >= 15 is 0 Å². The van der Waals surface area contributed by atoms with Crippen LogP contribution in [0.25, 0.3) is 0 Å². The first-order valence-electron chi connectivity index (χ1n) is 4.60. The molecule has 1 heterocycles. The van der Waals surface area contributed by atoms with E-state index in [1.165, 1.54) is 21.7 Å². The highest BCUT2D eigenvalue weighted by Gasteiger charge is 2.20. The molecule has 1 aromatic heterocycles. The van der Waals surface area contributed by atoms with Crippen molar-refractivity contribution in [1.82, 2.24) is 0 Å². The molecule has 0 radical (unpaired) electrons. The maximum Gasteiger partial charge on any atom is 0.0801 e. The number of rotatable bonds is 1. The van der Waals surface area contributed by atoms with Crippen LogP contribution in [0.4, 0.5) is 0 Å². The molecule has 2 heteroatoms. The molecule has 0 saturated heterocycles. The summed E-state index contributed by atoms with van der Waals surface area (Å²) in [4.78, 5) is 2.84. The fourth-order valence-corrected chi connectivity index (χ4v) is 2.97. The van der Waals surface area contributed by atoms with E-state index in [0.717, 1.165) is 19.3 Å². The van der Waals surface area contributed by atoms with Gasteiger partial charge in [0.1, 0.15) is 0 Å². The van der Waals surface area contributed by atoms with Gasteiger partial charge >= 0.3 is 0 Å². The van der Waals surface area contributed by atoms with Crippen molar-refractivity contribution in [2.75, 3.05) is 0 Å². The minimum atomic E-state index is -0.176. The summed E-state index contributed by atoms with van der Waals surface area (Å²) in [6.07, 6.45) is 4.21. The van der Waals surface area contributed by atoms with Crippen LogP contribution in [-0.2, 0) is 12.8 Å². The average Bonchev–Trinajstić information content (AvgIpc) is 2.49. The van der Waals surface area contributed by atoms with Crippen LogP contribution >= 0.6 is 11.3 Å². The van der Waals surface area contributed by atoms with Crippen molar-refractivity contribution in [3.8, 4) is 0 Å². The molecule has 0 bridgehead atoms. The van der Waals surface area contributed by atoms with Gasteiger partial charge in [-0.2, -0.15) is 0 Å². The second kappa shape index (κ2) is 3.19. The van der Waals surface area contributed by atoms with Gasteiger partial charge in [-0.15, -0.1) is 11.3 Å². The molecule has 0 spiro atoms. The predicted octanol–water partition coefficient (Wildman–Crippen LogP) is 2.68. The maximum atomic E-state index is 9.68. The van der Waals surface area contributed by atoms with Crippen LogP contribution in [0.5, 0.6) is 0 Å². The lowest BCUT2D eigenvalue weighted by Gasteiger charge is -2.16. The van der Waals surface area contributed by atoms with Crippen molar-refractivity contribution >= 4 is 11.3 Å². The first kappa shape index (κ1) is 8.27. The highest BCUT2D eigenvalue weighted by Crippen LogP contribution is 2.35. The number of aliphatic hydroxyl groups is 1. The number of thiophene rings is 1. The molecule has 1 unspecified atom stereocenters. The summed E-state index contributed by atoms with van der Waals surface area (Å²) in [6, 6.07) is 2.18. The Hall–Kier alpha value is -0.340. The summed E-state index contributed by atoms with van der Waals surface area (Å²) in [7, 11) is 0. The summed E-state index contributed by atoms with van der Waals surface area (Å²) >= 11 is 1.88. The molecule has 0 saturated carbocycles. The van der Waals surface area contributed by atoms with E-state index in [9.17, 15) is 5.11 Å². The van der Waals surface area contributed by atoms with Crippen LogP contribution < -0.4 is 0 Å². The molecule has 1 aliphatic carbocycles. The number of hydrogen-bond acceptors (Lipinski definition) is 2. The van der Waals surface area contributed by atoms with E-state index in [4.69, 9.17) is 0 Å². The Morgan fingerprint density at radius 2 is 2.50 bits per heavy atom. The molecule has 0 fully saturated rings. The molecule has 12 heavy (non-hydrogen) atoms. The highest BCUT2D eigenvalue weighted by molar-refractivity contribution is 7.12. The monoisotopic (exact) mass is 182 g/mol. The van der Waals surface area contributed by atoms with Crippen LogP contribution in [0.1, 0.15) is 41.2 Å². The lowest BCUT2D eigenvalue weighted by atomic mass is 9.96. The van der Waals surface area contributed by atoms with Gasteiger partial charge in [0.05, 0.1) is 6.10 Å². The van der Waals surface area contributed by atoms with Gasteiger partial charge in [0.15, 0.2) is 0 Å². The number of aryl methyl sites for hydroxylation is 2. The van der Waals surface area contributed by atoms with Crippen molar-refractivity contribution in [1.29, 1.82) is 0 Å². The van der Waals surface area contributed by atoms with E-state index in [2.05, 4.69) is 13.0 Å². The molecule has 0 amide bonds. The van der Waals surface area contributed by atoms with E-state index in [1.807, 2.05) is 11.3 Å². The smallest absolute Gasteiger partial charge is 0.0801 e. The maximum absolute atomic E-state index is 9.68. The Balaban J connectivity index is 2.37.